The van der Waals surface area contributed by atoms with Crippen molar-refractivity contribution in [2.45, 2.75) is 18.3 Å². The summed E-state index contributed by atoms with van der Waals surface area (Å²) in [7, 11) is 2.21. The first-order chi connectivity index (χ1) is 7.74. The van der Waals surface area contributed by atoms with Crippen molar-refractivity contribution in [1.82, 2.24) is 4.90 Å². The molecule has 2 heteroatoms. The van der Waals surface area contributed by atoms with Crippen LogP contribution in [0.4, 0.5) is 0 Å². The first-order valence-electron chi connectivity index (χ1n) is 5.99. The molecule has 1 aromatic carbocycles. The number of piperidine rings is 1. The van der Waals surface area contributed by atoms with Crippen molar-refractivity contribution in [2.75, 3.05) is 20.1 Å². The van der Waals surface area contributed by atoms with Gasteiger partial charge in [0.2, 0.25) is 0 Å². The van der Waals surface area contributed by atoms with Gasteiger partial charge in [0.05, 0.1) is 0 Å². The Balaban J connectivity index is 1.85. The van der Waals surface area contributed by atoms with Crippen molar-refractivity contribution in [2.24, 2.45) is 5.92 Å². The van der Waals surface area contributed by atoms with E-state index in [2.05, 4.69) is 24.1 Å². The molecular weight excluding hydrogens is 198 g/mol. The third-order valence-corrected chi connectivity index (χ3v) is 4.33. The molecule has 2 atom stereocenters. The number of likely N-dealkylation sites (tertiary alicyclic amines) is 1. The fourth-order valence-corrected chi connectivity index (χ4v) is 3.18. The molecule has 2 unspecified atom stereocenters. The fourth-order valence-electron chi connectivity index (χ4n) is 3.18. The summed E-state index contributed by atoms with van der Waals surface area (Å²) in [6.45, 7) is 2.43. The summed E-state index contributed by atoms with van der Waals surface area (Å²) >= 11 is 0. The minimum Gasteiger partial charge on any atom is -0.306 e. The number of hydrogen-bond donors (Lipinski definition) is 0. The molecule has 1 saturated heterocycles. The van der Waals surface area contributed by atoms with E-state index in [-0.39, 0.29) is 0 Å². The second-order valence-electron chi connectivity index (χ2n) is 5.31. The van der Waals surface area contributed by atoms with Crippen LogP contribution in [0.5, 0.6) is 0 Å². The number of benzene rings is 1. The maximum absolute atomic E-state index is 10.6. The second-order valence-corrected chi connectivity index (χ2v) is 5.31. The molecule has 0 radical (unpaired) electrons. The van der Waals surface area contributed by atoms with Crippen LogP contribution >= 0.6 is 0 Å². The van der Waals surface area contributed by atoms with Gasteiger partial charge in [0, 0.05) is 17.5 Å². The summed E-state index contributed by atoms with van der Waals surface area (Å²) in [6, 6.07) is 8.19. The molecular formula is C14H17NO. The van der Waals surface area contributed by atoms with Crippen LogP contribution in [-0.4, -0.2) is 31.3 Å². The minimum atomic E-state index is 0.452. The molecule has 1 aromatic rings. The predicted octanol–water partition coefficient (Wildman–Crippen LogP) is 2.09. The number of rotatable bonds is 2. The highest BCUT2D eigenvalue weighted by molar-refractivity contribution is 5.74. The Labute approximate surface area is 96.3 Å². The molecule has 1 aliphatic carbocycles. The summed E-state index contributed by atoms with van der Waals surface area (Å²) in [5, 5.41) is 0. The highest BCUT2D eigenvalue weighted by Gasteiger charge is 2.56. The monoisotopic (exact) mass is 215 g/mol. The minimum absolute atomic E-state index is 0.452. The van der Waals surface area contributed by atoms with Crippen molar-refractivity contribution < 1.29 is 4.79 Å². The maximum atomic E-state index is 10.6. The van der Waals surface area contributed by atoms with E-state index < -0.39 is 0 Å². The van der Waals surface area contributed by atoms with Crippen molar-refractivity contribution in [3.63, 3.8) is 0 Å². The lowest BCUT2D eigenvalue weighted by atomic mass is 9.87. The molecule has 2 nitrogen and oxygen atoms in total. The van der Waals surface area contributed by atoms with Crippen LogP contribution in [0.25, 0.3) is 0 Å². The standard InChI is InChI=1S/C14H17NO/c1-15-7-6-14(8-13(14)9-15)12-4-2-11(10-16)3-5-12/h2-5,10,13H,6-9H2,1H3. The first-order valence-corrected chi connectivity index (χ1v) is 5.99. The number of hydrogen-bond acceptors (Lipinski definition) is 2. The zero-order valence-corrected chi connectivity index (χ0v) is 9.65. The van der Waals surface area contributed by atoms with E-state index in [0.29, 0.717) is 5.41 Å². The van der Waals surface area contributed by atoms with Gasteiger partial charge in [-0.15, -0.1) is 0 Å². The van der Waals surface area contributed by atoms with Gasteiger partial charge in [-0.2, -0.15) is 0 Å². The molecule has 0 N–H and O–H groups in total. The number of fused-ring (bicyclic) bond motifs is 1. The molecule has 0 amide bonds. The van der Waals surface area contributed by atoms with Gasteiger partial charge in [0.25, 0.3) is 0 Å². The lowest BCUT2D eigenvalue weighted by Gasteiger charge is -2.29. The summed E-state index contributed by atoms with van der Waals surface area (Å²) < 4.78 is 0. The number of aldehydes is 1. The van der Waals surface area contributed by atoms with E-state index in [4.69, 9.17) is 0 Å². The van der Waals surface area contributed by atoms with Crippen LogP contribution in [0.1, 0.15) is 28.8 Å². The third kappa shape index (κ3) is 1.40. The zero-order valence-electron chi connectivity index (χ0n) is 9.65. The van der Waals surface area contributed by atoms with E-state index in [1.54, 1.807) is 0 Å². The Bertz CT molecular complexity index is 411. The largest absolute Gasteiger partial charge is 0.306 e. The van der Waals surface area contributed by atoms with Gasteiger partial charge in [0.1, 0.15) is 6.29 Å². The Morgan fingerprint density at radius 1 is 1.38 bits per heavy atom. The van der Waals surface area contributed by atoms with Gasteiger partial charge in [-0.3, -0.25) is 4.79 Å². The van der Waals surface area contributed by atoms with Gasteiger partial charge in [-0.05, 0) is 37.9 Å². The normalized spacial score (nSPS) is 33.2. The molecule has 0 spiro atoms. The topological polar surface area (TPSA) is 20.3 Å². The molecule has 2 fully saturated rings. The lowest BCUT2D eigenvalue weighted by molar-refractivity contribution is 0.112. The number of nitrogens with zero attached hydrogens (tertiary/aromatic N) is 1. The van der Waals surface area contributed by atoms with Crippen molar-refractivity contribution in [3.8, 4) is 0 Å². The average Bonchev–Trinajstić information content (AvgIpc) is 3.04. The molecule has 0 bridgehead atoms. The summed E-state index contributed by atoms with van der Waals surface area (Å²) in [5.74, 6) is 0.841. The smallest absolute Gasteiger partial charge is 0.150 e. The first kappa shape index (κ1) is 10.0. The quantitative estimate of drug-likeness (QED) is 0.704. The van der Waals surface area contributed by atoms with Crippen molar-refractivity contribution in [1.29, 1.82) is 0 Å². The van der Waals surface area contributed by atoms with Gasteiger partial charge >= 0.3 is 0 Å². The van der Waals surface area contributed by atoms with Gasteiger partial charge in [-0.1, -0.05) is 24.3 Å². The van der Waals surface area contributed by atoms with E-state index in [1.165, 1.54) is 31.5 Å². The van der Waals surface area contributed by atoms with Crippen molar-refractivity contribution >= 4 is 6.29 Å². The predicted molar refractivity (Wildman–Crippen MR) is 63.7 cm³/mol. The molecule has 1 saturated carbocycles. The SMILES string of the molecule is CN1CCC2(c3ccc(C=O)cc3)CC2C1. The van der Waals surface area contributed by atoms with E-state index >= 15 is 0 Å². The average molecular weight is 215 g/mol. The number of carbonyl (C=O) groups is 1. The Kier molecular flexibility index (Phi) is 2.15. The molecule has 1 aliphatic heterocycles. The summed E-state index contributed by atoms with van der Waals surface area (Å²) in [6.07, 6.45) is 3.52. The van der Waals surface area contributed by atoms with Crippen LogP contribution in [-0.2, 0) is 5.41 Å². The zero-order chi connectivity index (χ0) is 11.2. The molecule has 84 valence electrons. The van der Waals surface area contributed by atoms with Gasteiger partial charge in [0.15, 0.2) is 0 Å². The second kappa shape index (κ2) is 3.42. The third-order valence-electron chi connectivity index (χ3n) is 4.33. The van der Waals surface area contributed by atoms with Crippen LogP contribution < -0.4 is 0 Å². The molecule has 1 heterocycles. The van der Waals surface area contributed by atoms with Crippen LogP contribution in [0.3, 0.4) is 0 Å². The lowest BCUT2D eigenvalue weighted by Crippen LogP contribution is -2.33. The summed E-state index contributed by atoms with van der Waals surface area (Å²) in [5.41, 5.74) is 2.68. The Morgan fingerprint density at radius 2 is 2.12 bits per heavy atom. The van der Waals surface area contributed by atoms with Crippen LogP contribution in [0.2, 0.25) is 0 Å². The van der Waals surface area contributed by atoms with Crippen LogP contribution in [0.15, 0.2) is 24.3 Å². The fraction of sp³-hybridized carbons (Fsp3) is 0.500. The highest BCUT2D eigenvalue weighted by atomic mass is 16.1. The van der Waals surface area contributed by atoms with Crippen LogP contribution in [0, 0.1) is 5.92 Å². The molecule has 16 heavy (non-hydrogen) atoms. The van der Waals surface area contributed by atoms with Gasteiger partial charge in [-0.25, -0.2) is 0 Å². The highest BCUT2D eigenvalue weighted by Crippen LogP contribution is 2.58. The van der Waals surface area contributed by atoms with E-state index in [9.17, 15) is 4.79 Å². The molecule has 3 rings (SSSR count). The Hall–Kier alpha value is -1.15. The van der Waals surface area contributed by atoms with E-state index in [0.717, 1.165) is 17.8 Å². The van der Waals surface area contributed by atoms with Gasteiger partial charge < -0.3 is 4.90 Å². The Morgan fingerprint density at radius 3 is 2.75 bits per heavy atom. The maximum Gasteiger partial charge on any atom is 0.150 e. The van der Waals surface area contributed by atoms with E-state index in [1.807, 2.05) is 12.1 Å². The molecule has 2 aliphatic rings. The summed E-state index contributed by atoms with van der Waals surface area (Å²) in [4.78, 5) is 13.0. The molecule has 0 aromatic heterocycles. The number of carbonyl (C=O) groups excluding carboxylic acids is 1. The van der Waals surface area contributed by atoms with Crippen molar-refractivity contribution in [3.05, 3.63) is 35.4 Å².